The van der Waals surface area contributed by atoms with Crippen LogP contribution in [0.25, 0.3) is 0 Å². The molecule has 128 valence electrons. The fourth-order valence-corrected chi connectivity index (χ4v) is 2.70. The molecule has 0 saturated heterocycles. The summed E-state index contributed by atoms with van der Waals surface area (Å²) in [6.45, 7) is 4.06. The Labute approximate surface area is 145 Å². The Hall–Kier alpha value is -2.34. The van der Waals surface area contributed by atoms with Gasteiger partial charge in [-0.05, 0) is 35.1 Å². The highest BCUT2D eigenvalue weighted by Gasteiger charge is 2.27. The predicted octanol–water partition coefficient (Wildman–Crippen LogP) is 3.25. The number of thiophene rings is 1. The molecule has 1 heterocycles. The summed E-state index contributed by atoms with van der Waals surface area (Å²) >= 11 is 1.29. The molecule has 0 fully saturated rings. The maximum atomic E-state index is 12.4. The second-order valence-electron chi connectivity index (χ2n) is 5.61. The number of nitrogens with one attached hydrogen (secondary N) is 1. The molecule has 0 aliphatic carbocycles. The van der Waals surface area contributed by atoms with E-state index in [2.05, 4.69) is 5.32 Å². The van der Waals surface area contributed by atoms with Crippen molar-refractivity contribution in [2.24, 2.45) is 5.92 Å². The molecule has 1 N–H and O–H groups in total. The van der Waals surface area contributed by atoms with Gasteiger partial charge in [0.1, 0.15) is 10.6 Å². The molecule has 1 amide bonds. The average molecular weight is 347 g/mol. The van der Waals surface area contributed by atoms with Gasteiger partial charge in [-0.1, -0.05) is 32.0 Å². The predicted molar refractivity (Wildman–Crippen MR) is 93.2 cm³/mol. The van der Waals surface area contributed by atoms with E-state index in [-0.39, 0.29) is 11.8 Å². The first-order valence-corrected chi connectivity index (χ1v) is 8.54. The van der Waals surface area contributed by atoms with Gasteiger partial charge < -0.3 is 14.8 Å². The van der Waals surface area contributed by atoms with Crippen molar-refractivity contribution >= 4 is 23.2 Å². The molecule has 0 spiro atoms. The summed E-state index contributed by atoms with van der Waals surface area (Å²) in [6.07, 6.45) is -0.821. The largest absolute Gasteiger partial charge is 0.497 e. The Morgan fingerprint density at radius 2 is 1.88 bits per heavy atom. The lowest BCUT2D eigenvalue weighted by Gasteiger charge is -2.20. The highest BCUT2D eigenvalue weighted by molar-refractivity contribution is 7.11. The van der Waals surface area contributed by atoms with Gasteiger partial charge in [0.25, 0.3) is 5.91 Å². The number of hydrogen-bond donors (Lipinski definition) is 1. The van der Waals surface area contributed by atoms with Crippen LogP contribution in [0.5, 0.6) is 5.75 Å². The van der Waals surface area contributed by atoms with Crippen molar-refractivity contribution in [3.8, 4) is 5.75 Å². The van der Waals surface area contributed by atoms with Gasteiger partial charge in [0, 0.05) is 6.54 Å². The molecular formula is C18H21NO4S. The van der Waals surface area contributed by atoms with Crippen LogP contribution in [-0.4, -0.2) is 25.1 Å². The van der Waals surface area contributed by atoms with E-state index in [1.807, 2.05) is 38.1 Å². The van der Waals surface area contributed by atoms with Crippen LogP contribution < -0.4 is 10.1 Å². The molecule has 5 nitrogen and oxygen atoms in total. The quantitative estimate of drug-likeness (QED) is 0.781. The third kappa shape index (κ3) is 4.83. The summed E-state index contributed by atoms with van der Waals surface area (Å²) in [5.41, 5.74) is 0.941. The van der Waals surface area contributed by atoms with E-state index in [1.54, 1.807) is 24.6 Å². The van der Waals surface area contributed by atoms with Gasteiger partial charge in [-0.25, -0.2) is 4.79 Å². The topological polar surface area (TPSA) is 64.6 Å². The van der Waals surface area contributed by atoms with Gasteiger partial charge >= 0.3 is 5.97 Å². The number of rotatable bonds is 7. The molecule has 6 heteroatoms. The van der Waals surface area contributed by atoms with Gasteiger partial charge in [0.15, 0.2) is 6.10 Å². The monoisotopic (exact) mass is 347 g/mol. The molecule has 0 aliphatic rings. The van der Waals surface area contributed by atoms with Crippen molar-refractivity contribution in [2.45, 2.75) is 26.5 Å². The van der Waals surface area contributed by atoms with Crippen molar-refractivity contribution in [3.05, 3.63) is 52.2 Å². The lowest BCUT2D eigenvalue weighted by atomic mass is 10.1. The lowest BCUT2D eigenvalue weighted by molar-refractivity contribution is -0.132. The minimum atomic E-state index is -0.821. The summed E-state index contributed by atoms with van der Waals surface area (Å²) in [5, 5.41) is 4.61. The summed E-state index contributed by atoms with van der Waals surface area (Å²) in [4.78, 5) is 24.9. The number of esters is 1. The van der Waals surface area contributed by atoms with Gasteiger partial charge in [-0.15, -0.1) is 11.3 Å². The van der Waals surface area contributed by atoms with E-state index in [0.717, 1.165) is 11.3 Å². The first kappa shape index (κ1) is 18.0. The van der Waals surface area contributed by atoms with Gasteiger partial charge in [0.2, 0.25) is 0 Å². The van der Waals surface area contributed by atoms with Gasteiger partial charge in [-0.2, -0.15) is 0 Å². The number of carbonyl (C=O) groups excluding carboxylic acids is 2. The molecule has 1 aromatic carbocycles. The van der Waals surface area contributed by atoms with Gasteiger partial charge in [-0.3, -0.25) is 4.79 Å². The van der Waals surface area contributed by atoms with Crippen molar-refractivity contribution in [1.82, 2.24) is 5.32 Å². The Bertz CT molecular complexity index is 665. The van der Waals surface area contributed by atoms with E-state index < -0.39 is 12.1 Å². The highest BCUT2D eigenvalue weighted by Crippen LogP contribution is 2.15. The van der Waals surface area contributed by atoms with Gasteiger partial charge in [0.05, 0.1) is 7.11 Å². The molecule has 0 radical (unpaired) electrons. The molecular weight excluding hydrogens is 326 g/mol. The van der Waals surface area contributed by atoms with E-state index in [0.29, 0.717) is 11.4 Å². The molecule has 0 bridgehead atoms. The fourth-order valence-electron chi connectivity index (χ4n) is 2.09. The van der Waals surface area contributed by atoms with E-state index >= 15 is 0 Å². The van der Waals surface area contributed by atoms with E-state index in [9.17, 15) is 9.59 Å². The van der Waals surface area contributed by atoms with Crippen LogP contribution in [0.4, 0.5) is 0 Å². The van der Waals surface area contributed by atoms with Crippen LogP contribution in [0.1, 0.15) is 29.1 Å². The Morgan fingerprint density at radius 1 is 1.17 bits per heavy atom. The molecule has 0 saturated carbocycles. The zero-order chi connectivity index (χ0) is 17.5. The number of methoxy groups -OCH3 is 1. The van der Waals surface area contributed by atoms with Crippen LogP contribution in [0.2, 0.25) is 0 Å². The van der Waals surface area contributed by atoms with Crippen LogP contribution in [0.15, 0.2) is 41.8 Å². The third-order valence-electron chi connectivity index (χ3n) is 3.45. The number of carbonyl (C=O) groups is 2. The molecule has 1 aromatic heterocycles. The summed E-state index contributed by atoms with van der Waals surface area (Å²) in [5.74, 6) is -0.131. The minimum Gasteiger partial charge on any atom is -0.497 e. The molecule has 1 atom stereocenters. The van der Waals surface area contributed by atoms with Crippen molar-refractivity contribution in [1.29, 1.82) is 0 Å². The normalized spacial score (nSPS) is 11.8. The molecule has 2 aromatic rings. The van der Waals surface area contributed by atoms with Crippen molar-refractivity contribution < 1.29 is 19.1 Å². The van der Waals surface area contributed by atoms with Crippen molar-refractivity contribution in [2.75, 3.05) is 7.11 Å². The number of hydrogen-bond acceptors (Lipinski definition) is 5. The zero-order valence-corrected chi connectivity index (χ0v) is 14.8. The molecule has 0 unspecified atom stereocenters. The first-order chi connectivity index (χ1) is 11.5. The van der Waals surface area contributed by atoms with Crippen molar-refractivity contribution in [3.63, 3.8) is 0 Å². The number of amides is 1. The summed E-state index contributed by atoms with van der Waals surface area (Å²) in [6, 6.07) is 10.9. The maximum absolute atomic E-state index is 12.4. The smallest absolute Gasteiger partial charge is 0.349 e. The zero-order valence-electron chi connectivity index (χ0n) is 13.9. The van der Waals surface area contributed by atoms with Crippen LogP contribution in [0, 0.1) is 5.92 Å². The fraction of sp³-hybridized carbons (Fsp3) is 0.333. The van der Waals surface area contributed by atoms with E-state index in [4.69, 9.17) is 9.47 Å². The minimum absolute atomic E-state index is 0.121. The lowest BCUT2D eigenvalue weighted by Crippen LogP contribution is -2.40. The average Bonchev–Trinajstić information content (AvgIpc) is 3.12. The standard InChI is InChI=1S/C18H21NO4S/c1-12(2)16(23-18(21)15-5-4-10-24-15)17(20)19-11-13-6-8-14(22-3)9-7-13/h4-10,12,16H,11H2,1-3H3,(H,19,20)/t16-/m0/s1. The molecule has 0 aliphatic heterocycles. The second-order valence-corrected chi connectivity index (χ2v) is 6.56. The van der Waals surface area contributed by atoms with Crippen LogP contribution in [-0.2, 0) is 16.1 Å². The Kier molecular flexibility index (Phi) is 6.37. The van der Waals surface area contributed by atoms with E-state index in [1.165, 1.54) is 11.3 Å². The maximum Gasteiger partial charge on any atom is 0.349 e. The molecule has 2 rings (SSSR count). The highest BCUT2D eigenvalue weighted by atomic mass is 32.1. The third-order valence-corrected chi connectivity index (χ3v) is 4.30. The second kappa shape index (κ2) is 8.49. The number of benzene rings is 1. The first-order valence-electron chi connectivity index (χ1n) is 7.66. The summed E-state index contributed by atoms with van der Waals surface area (Å²) < 4.78 is 10.5. The van der Waals surface area contributed by atoms with Crippen LogP contribution in [0.3, 0.4) is 0 Å². The Balaban J connectivity index is 1.94. The SMILES string of the molecule is COc1ccc(CNC(=O)[C@@H](OC(=O)c2cccs2)C(C)C)cc1. The number of ether oxygens (including phenoxy) is 2. The molecule has 24 heavy (non-hydrogen) atoms. The summed E-state index contributed by atoms with van der Waals surface area (Å²) in [7, 11) is 1.60. The van der Waals surface area contributed by atoms with Crippen LogP contribution >= 0.6 is 11.3 Å². The Morgan fingerprint density at radius 3 is 2.42 bits per heavy atom.